The average molecular weight is 245 g/mol. The summed E-state index contributed by atoms with van der Waals surface area (Å²) in [5, 5.41) is 19.2. The Morgan fingerprint density at radius 2 is 2.25 bits per heavy atom. The second kappa shape index (κ2) is 5.93. The lowest BCUT2D eigenvalue weighted by molar-refractivity contribution is 0.0169. The minimum Gasteiger partial charge on any atom is -0.390 e. The van der Waals surface area contributed by atoms with Crippen LogP contribution in [0.5, 0.6) is 0 Å². The van der Waals surface area contributed by atoms with Crippen LogP contribution < -0.4 is 0 Å². The minimum absolute atomic E-state index is 0.206. The molecule has 6 heteroatoms. The van der Waals surface area contributed by atoms with Crippen LogP contribution in [0, 0.1) is 5.95 Å². The SMILES string of the molecule is O=Cc1cc(C(O)C(O)CCS)cnc1F. The van der Waals surface area contributed by atoms with E-state index in [0.717, 1.165) is 6.20 Å². The van der Waals surface area contributed by atoms with Crippen LogP contribution in [0.25, 0.3) is 0 Å². The fourth-order valence-electron chi connectivity index (χ4n) is 1.24. The molecule has 1 heterocycles. The van der Waals surface area contributed by atoms with Gasteiger partial charge in [-0.05, 0) is 18.2 Å². The number of halogens is 1. The van der Waals surface area contributed by atoms with Gasteiger partial charge in [-0.25, -0.2) is 4.98 Å². The van der Waals surface area contributed by atoms with Crippen molar-refractivity contribution >= 4 is 18.9 Å². The summed E-state index contributed by atoms with van der Waals surface area (Å²) in [6.07, 6.45) is -0.515. The first kappa shape index (κ1) is 13.1. The van der Waals surface area contributed by atoms with E-state index in [2.05, 4.69) is 17.6 Å². The Kier molecular flexibility index (Phi) is 4.85. The van der Waals surface area contributed by atoms with Crippen LogP contribution in [-0.2, 0) is 0 Å². The average Bonchev–Trinajstić information content (AvgIpc) is 2.29. The van der Waals surface area contributed by atoms with E-state index in [9.17, 15) is 19.4 Å². The van der Waals surface area contributed by atoms with Gasteiger partial charge in [-0.2, -0.15) is 17.0 Å². The molecule has 0 radical (unpaired) electrons. The quantitative estimate of drug-likeness (QED) is 0.406. The molecular weight excluding hydrogens is 233 g/mol. The van der Waals surface area contributed by atoms with Crippen molar-refractivity contribution in [1.29, 1.82) is 0 Å². The van der Waals surface area contributed by atoms with Crippen molar-refractivity contribution in [3.05, 3.63) is 29.3 Å². The molecule has 0 amide bonds. The fraction of sp³-hybridized carbons (Fsp3) is 0.400. The molecule has 88 valence electrons. The lowest BCUT2D eigenvalue weighted by Crippen LogP contribution is -2.19. The first-order chi connectivity index (χ1) is 7.60. The highest BCUT2D eigenvalue weighted by Crippen LogP contribution is 2.19. The third-order valence-electron chi connectivity index (χ3n) is 2.15. The Bertz CT molecular complexity index is 375. The molecule has 0 aromatic carbocycles. The number of aldehydes is 1. The molecule has 2 N–H and O–H groups in total. The van der Waals surface area contributed by atoms with Crippen LogP contribution in [0.3, 0.4) is 0 Å². The van der Waals surface area contributed by atoms with E-state index in [4.69, 9.17) is 0 Å². The van der Waals surface area contributed by atoms with E-state index < -0.39 is 18.2 Å². The summed E-state index contributed by atoms with van der Waals surface area (Å²) in [7, 11) is 0. The number of hydrogen-bond donors (Lipinski definition) is 3. The molecule has 2 atom stereocenters. The van der Waals surface area contributed by atoms with Crippen molar-refractivity contribution < 1.29 is 19.4 Å². The van der Waals surface area contributed by atoms with Crippen molar-refractivity contribution in [1.82, 2.24) is 4.98 Å². The second-order valence-corrected chi connectivity index (χ2v) is 3.74. The zero-order valence-corrected chi connectivity index (χ0v) is 9.27. The Labute approximate surface area is 97.5 Å². The number of thiol groups is 1. The van der Waals surface area contributed by atoms with Gasteiger partial charge >= 0.3 is 0 Å². The molecule has 1 aromatic rings. The molecule has 0 bridgehead atoms. The Morgan fingerprint density at radius 1 is 1.56 bits per heavy atom. The summed E-state index contributed by atoms with van der Waals surface area (Å²) >= 11 is 3.92. The third kappa shape index (κ3) is 3.01. The number of rotatable bonds is 5. The lowest BCUT2D eigenvalue weighted by Gasteiger charge is -2.17. The lowest BCUT2D eigenvalue weighted by atomic mass is 10.0. The Balaban J connectivity index is 2.91. The molecule has 2 unspecified atom stereocenters. The summed E-state index contributed by atoms with van der Waals surface area (Å²) in [5.41, 5.74) is -0.0348. The largest absolute Gasteiger partial charge is 0.390 e. The molecule has 0 aliphatic heterocycles. The van der Waals surface area contributed by atoms with Crippen molar-refractivity contribution in [2.24, 2.45) is 0 Å². The molecule has 0 saturated heterocycles. The molecule has 0 fully saturated rings. The number of hydrogen-bond acceptors (Lipinski definition) is 5. The number of pyridine rings is 1. The van der Waals surface area contributed by atoms with Gasteiger partial charge in [-0.3, -0.25) is 4.79 Å². The predicted molar refractivity (Wildman–Crippen MR) is 59.0 cm³/mol. The van der Waals surface area contributed by atoms with Gasteiger partial charge < -0.3 is 10.2 Å². The van der Waals surface area contributed by atoms with Gasteiger partial charge in [0.25, 0.3) is 0 Å². The van der Waals surface area contributed by atoms with Crippen LogP contribution in [0.4, 0.5) is 4.39 Å². The number of carbonyl (C=O) groups excluding carboxylic acids is 1. The summed E-state index contributed by atoms with van der Waals surface area (Å²) in [6, 6.07) is 1.17. The van der Waals surface area contributed by atoms with Crippen molar-refractivity contribution in [3.63, 3.8) is 0 Å². The summed E-state index contributed by atoms with van der Waals surface area (Å²) in [5.74, 6) is -0.484. The highest BCUT2D eigenvalue weighted by Gasteiger charge is 2.19. The topological polar surface area (TPSA) is 70.4 Å². The number of aliphatic hydroxyl groups is 2. The standard InChI is InChI=1S/C10H12FNO3S/c11-10-7(5-13)3-6(4-12-10)9(15)8(14)1-2-16/h3-5,8-9,14-16H,1-2H2. The van der Waals surface area contributed by atoms with Crippen LogP contribution in [-0.4, -0.2) is 33.3 Å². The molecule has 1 rings (SSSR count). The van der Waals surface area contributed by atoms with Gasteiger partial charge in [-0.1, -0.05) is 0 Å². The maximum atomic E-state index is 12.9. The predicted octanol–water partition coefficient (Wildman–Crippen LogP) is 0.747. The van der Waals surface area contributed by atoms with E-state index in [1.165, 1.54) is 6.07 Å². The summed E-state index contributed by atoms with van der Waals surface area (Å²) in [4.78, 5) is 13.8. The zero-order chi connectivity index (χ0) is 12.1. The normalized spacial score (nSPS) is 14.5. The van der Waals surface area contributed by atoms with Gasteiger partial charge in [0.1, 0.15) is 6.10 Å². The smallest absolute Gasteiger partial charge is 0.223 e. The summed E-state index contributed by atoms with van der Waals surface area (Å²) in [6.45, 7) is 0. The highest BCUT2D eigenvalue weighted by atomic mass is 32.1. The molecule has 0 saturated carbocycles. The molecule has 0 aliphatic carbocycles. The second-order valence-electron chi connectivity index (χ2n) is 3.29. The van der Waals surface area contributed by atoms with E-state index in [1.54, 1.807) is 0 Å². The van der Waals surface area contributed by atoms with Crippen molar-refractivity contribution in [2.45, 2.75) is 18.6 Å². The van der Waals surface area contributed by atoms with E-state index in [0.29, 0.717) is 12.0 Å². The fourth-order valence-corrected chi connectivity index (χ4v) is 1.50. The maximum absolute atomic E-state index is 12.9. The maximum Gasteiger partial charge on any atom is 0.223 e. The molecule has 0 aliphatic rings. The number of aromatic nitrogens is 1. The van der Waals surface area contributed by atoms with Crippen molar-refractivity contribution in [3.8, 4) is 0 Å². The zero-order valence-electron chi connectivity index (χ0n) is 8.38. The van der Waals surface area contributed by atoms with Crippen molar-refractivity contribution in [2.75, 3.05) is 5.75 Å². The molecular formula is C10H12FNO3S. The van der Waals surface area contributed by atoms with Gasteiger partial charge in [0.05, 0.1) is 11.7 Å². The summed E-state index contributed by atoms with van der Waals surface area (Å²) < 4.78 is 12.9. The molecule has 4 nitrogen and oxygen atoms in total. The molecule has 1 aromatic heterocycles. The van der Waals surface area contributed by atoms with Crippen LogP contribution in [0.15, 0.2) is 12.3 Å². The molecule has 16 heavy (non-hydrogen) atoms. The van der Waals surface area contributed by atoms with Gasteiger partial charge in [-0.15, -0.1) is 0 Å². The molecule has 0 spiro atoms. The highest BCUT2D eigenvalue weighted by molar-refractivity contribution is 7.80. The minimum atomic E-state index is -1.20. The van der Waals surface area contributed by atoms with Crippen LogP contribution >= 0.6 is 12.6 Å². The first-order valence-corrected chi connectivity index (χ1v) is 5.31. The Morgan fingerprint density at radius 3 is 2.81 bits per heavy atom. The van der Waals surface area contributed by atoms with Gasteiger partial charge in [0, 0.05) is 11.8 Å². The van der Waals surface area contributed by atoms with E-state index in [-0.39, 0.29) is 17.5 Å². The van der Waals surface area contributed by atoms with Crippen LogP contribution in [0.1, 0.15) is 28.4 Å². The van der Waals surface area contributed by atoms with Gasteiger partial charge in [0.2, 0.25) is 5.95 Å². The number of nitrogens with zero attached hydrogens (tertiary/aromatic N) is 1. The van der Waals surface area contributed by atoms with E-state index in [1.807, 2.05) is 0 Å². The monoisotopic (exact) mass is 245 g/mol. The number of carbonyl (C=O) groups is 1. The van der Waals surface area contributed by atoms with Gasteiger partial charge in [0.15, 0.2) is 6.29 Å². The van der Waals surface area contributed by atoms with Crippen LogP contribution in [0.2, 0.25) is 0 Å². The third-order valence-corrected chi connectivity index (χ3v) is 2.40. The first-order valence-electron chi connectivity index (χ1n) is 4.67. The van der Waals surface area contributed by atoms with E-state index >= 15 is 0 Å². The number of aliphatic hydroxyl groups excluding tert-OH is 2. The Hall–Kier alpha value is -0.980.